The van der Waals surface area contributed by atoms with Crippen LogP contribution in [0.5, 0.6) is 0 Å². The van der Waals surface area contributed by atoms with Gasteiger partial charge in [-0.05, 0) is 61.4 Å². The molecule has 1 N–H and O–H groups in total. The normalized spacial score (nSPS) is 17.0. The van der Waals surface area contributed by atoms with E-state index in [0.29, 0.717) is 18.7 Å². The molecular formula is C21H18ClF2N3O. The molecule has 1 aliphatic heterocycles. The van der Waals surface area contributed by atoms with E-state index in [-0.39, 0.29) is 22.7 Å². The van der Waals surface area contributed by atoms with Crippen LogP contribution in [0.15, 0.2) is 48.5 Å². The molecule has 0 saturated carbocycles. The van der Waals surface area contributed by atoms with Crippen LogP contribution in [-0.4, -0.2) is 34.1 Å². The number of benzene rings is 2. The van der Waals surface area contributed by atoms with E-state index >= 15 is 0 Å². The van der Waals surface area contributed by atoms with Gasteiger partial charge in [-0.25, -0.2) is 8.78 Å². The Morgan fingerprint density at radius 1 is 1.14 bits per heavy atom. The maximum atomic E-state index is 13.4. The Labute approximate surface area is 166 Å². The molecule has 144 valence electrons. The van der Waals surface area contributed by atoms with E-state index in [0.717, 1.165) is 29.8 Å². The van der Waals surface area contributed by atoms with E-state index in [9.17, 15) is 13.6 Å². The SMILES string of the molecule is O=C(c1ccc(F)c(Cl)c1)N1CCC[C@H](c2cc(-c3ccc(F)cc3)n[nH]2)C1. The third-order valence-corrected chi connectivity index (χ3v) is 5.34. The van der Waals surface area contributed by atoms with E-state index in [1.54, 1.807) is 17.0 Å². The number of hydrogen-bond donors (Lipinski definition) is 1. The van der Waals surface area contributed by atoms with Crippen LogP contribution in [0, 0.1) is 11.6 Å². The molecule has 1 saturated heterocycles. The van der Waals surface area contributed by atoms with Crippen molar-refractivity contribution in [1.29, 1.82) is 0 Å². The van der Waals surface area contributed by atoms with Crippen LogP contribution in [0.3, 0.4) is 0 Å². The van der Waals surface area contributed by atoms with Gasteiger partial charge in [0.25, 0.3) is 5.91 Å². The standard InChI is InChI=1S/C21H18ClF2N3O/c22-17-10-14(5-8-18(17)24)21(28)27-9-1-2-15(12-27)20-11-19(25-26-20)13-3-6-16(23)7-4-13/h3-8,10-11,15H,1-2,9,12H2,(H,25,26)/t15-/m0/s1. The number of hydrogen-bond acceptors (Lipinski definition) is 2. The van der Waals surface area contributed by atoms with Crippen LogP contribution < -0.4 is 0 Å². The summed E-state index contributed by atoms with van der Waals surface area (Å²) in [6, 6.07) is 12.1. The summed E-state index contributed by atoms with van der Waals surface area (Å²) in [6.07, 6.45) is 1.79. The molecule has 3 aromatic rings. The van der Waals surface area contributed by atoms with Crippen LogP contribution in [-0.2, 0) is 0 Å². The van der Waals surface area contributed by atoms with E-state index in [1.165, 1.54) is 30.3 Å². The Bertz CT molecular complexity index is 1000. The lowest BCUT2D eigenvalue weighted by Crippen LogP contribution is -2.39. The van der Waals surface area contributed by atoms with Gasteiger partial charge in [0.05, 0.1) is 10.7 Å². The topological polar surface area (TPSA) is 49.0 Å². The summed E-state index contributed by atoms with van der Waals surface area (Å²) in [5.74, 6) is -0.873. The molecule has 0 radical (unpaired) electrons. The first kappa shape index (κ1) is 18.6. The van der Waals surface area contributed by atoms with Gasteiger partial charge in [-0.3, -0.25) is 9.89 Å². The first-order valence-electron chi connectivity index (χ1n) is 9.07. The molecule has 0 bridgehead atoms. The second-order valence-corrected chi connectivity index (χ2v) is 7.34. The number of piperidine rings is 1. The smallest absolute Gasteiger partial charge is 0.253 e. The maximum absolute atomic E-state index is 13.4. The molecule has 28 heavy (non-hydrogen) atoms. The number of aromatic amines is 1. The van der Waals surface area contributed by atoms with E-state index < -0.39 is 5.82 Å². The highest BCUT2D eigenvalue weighted by atomic mass is 35.5. The van der Waals surface area contributed by atoms with Crippen molar-refractivity contribution in [3.05, 3.63) is 76.4 Å². The van der Waals surface area contributed by atoms with Gasteiger partial charge in [0.2, 0.25) is 0 Å². The van der Waals surface area contributed by atoms with Gasteiger partial charge in [-0.1, -0.05) is 11.6 Å². The highest BCUT2D eigenvalue weighted by Gasteiger charge is 2.27. The molecule has 1 atom stereocenters. The molecule has 1 aromatic heterocycles. The number of aromatic nitrogens is 2. The molecule has 1 aliphatic rings. The highest BCUT2D eigenvalue weighted by Crippen LogP contribution is 2.29. The van der Waals surface area contributed by atoms with Crippen molar-refractivity contribution in [3.8, 4) is 11.3 Å². The number of likely N-dealkylation sites (tertiary alicyclic amines) is 1. The lowest BCUT2D eigenvalue weighted by atomic mass is 9.94. The molecule has 2 heterocycles. The summed E-state index contributed by atoms with van der Waals surface area (Å²) >= 11 is 5.81. The fourth-order valence-electron chi connectivity index (χ4n) is 3.54. The number of rotatable bonds is 3. The van der Waals surface area contributed by atoms with Gasteiger partial charge in [-0.15, -0.1) is 0 Å². The first-order valence-corrected chi connectivity index (χ1v) is 9.44. The summed E-state index contributed by atoms with van der Waals surface area (Å²) in [5, 5.41) is 7.32. The maximum Gasteiger partial charge on any atom is 0.253 e. The van der Waals surface area contributed by atoms with Crippen molar-refractivity contribution < 1.29 is 13.6 Å². The largest absolute Gasteiger partial charge is 0.338 e. The predicted molar refractivity (Wildman–Crippen MR) is 103 cm³/mol. The van der Waals surface area contributed by atoms with Crippen molar-refractivity contribution in [2.24, 2.45) is 0 Å². The number of nitrogens with one attached hydrogen (secondary N) is 1. The number of amides is 1. The lowest BCUT2D eigenvalue weighted by Gasteiger charge is -2.32. The Balaban J connectivity index is 1.50. The van der Waals surface area contributed by atoms with Gasteiger partial charge in [0.1, 0.15) is 11.6 Å². The molecule has 1 fully saturated rings. The second-order valence-electron chi connectivity index (χ2n) is 6.93. The van der Waals surface area contributed by atoms with E-state index in [1.807, 2.05) is 6.07 Å². The monoisotopic (exact) mass is 401 g/mol. The average Bonchev–Trinajstić information content (AvgIpc) is 3.20. The molecule has 0 spiro atoms. The molecule has 7 heteroatoms. The van der Waals surface area contributed by atoms with E-state index in [4.69, 9.17) is 11.6 Å². The minimum atomic E-state index is -0.541. The molecule has 4 nitrogen and oxygen atoms in total. The van der Waals surface area contributed by atoms with Crippen molar-refractivity contribution in [2.45, 2.75) is 18.8 Å². The molecule has 4 rings (SSSR count). The van der Waals surface area contributed by atoms with Gasteiger partial charge >= 0.3 is 0 Å². The zero-order valence-electron chi connectivity index (χ0n) is 15.0. The zero-order chi connectivity index (χ0) is 19.7. The lowest BCUT2D eigenvalue weighted by molar-refractivity contribution is 0.0706. The summed E-state index contributed by atoms with van der Waals surface area (Å²) in [5.41, 5.74) is 2.88. The Morgan fingerprint density at radius 2 is 1.93 bits per heavy atom. The Kier molecular flexibility index (Phi) is 5.13. The number of halogens is 3. The van der Waals surface area contributed by atoms with Gasteiger partial charge < -0.3 is 4.90 Å². The van der Waals surface area contributed by atoms with E-state index in [2.05, 4.69) is 10.2 Å². The Hall–Kier alpha value is -2.73. The van der Waals surface area contributed by atoms with Gasteiger partial charge in [0.15, 0.2) is 0 Å². The summed E-state index contributed by atoms with van der Waals surface area (Å²) in [6.45, 7) is 1.18. The van der Waals surface area contributed by atoms with Gasteiger partial charge in [-0.2, -0.15) is 5.10 Å². The van der Waals surface area contributed by atoms with Crippen molar-refractivity contribution in [1.82, 2.24) is 15.1 Å². The number of H-pyrrole nitrogens is 1. The second kappa shape index (κ2) is 7.72. The summed E-state index contributed by atoms with van der Waals surface area (Å²) < 4.78 is 26.5. The average molecular weight is 402 g/mol. The molecule has 1 amide bonds. The van der Waals surface area contributed by atoms with Crippen molar-refractivity contribution in [2.75, 3.05) is 13.1 Å². The van der Waals surface area contributed by atoms with Gasteiger partial charge in [0, 0.05) is 35.8 Å². The molecule has 0 aliphatic carbocycles. The fourth-order valence-corrected chi connectivity index (χ4v) is 3.72. The van der Waals surface area contributed by atoms with Crippen LogP contribution in [0.25, 0.3) is 11.3 Å². The Morgan fingerprint density at radius 3 is 2.68 bits per heavy atom. The first-order chi connectivity index (χ1) is 13.5. The summed E-state index contributed by atoms with van der Waals surface area (Å²) in [4.78, 5) is 14.5. The highest BCUT2D eigenvalue weighted by molar-refractivity contribution is 6.31. The van der Waals surface area contributed by atoms with Crippen LogP contribution in [0.4, 0.5) is 8.78 Å². The van der Waals surface area contributed by atoms with Crippen LogP contribution >= 0.6 is 11.6 Å². The number of carbonyl (C=O) groups excluding carboxylic acids is 1. The number of nitrogens with zero attached hydrogens (tertiary/aromatic N) is 2. The zero-order valence-corrected chi connectivity index (χ0v) is 15.7. The molecular weight excluding hydrogens is 384 g/mol. The van der Waals surface area contributed by atoms with Crippen LogP contribution in [0.1, 0.15) is 34.8 Å². The minimum absolute atomic E-state index is 0.0584. The van der Waals surface area contributed by atoms with Crippen molar-refractivity contribution in [3.63, 3.8) is 0 Å². The number of carbonyl (C=O) groups is 1. The minimum Gasteiger partial charge on any atom is -0.338 e. The predicted octanol–water partition coefficient (Wildman–Crippen LogP) is 5.03. The third kappa shape index (κ3) is 3.78. The molecule has 2 aromatic carbocycles. The fraction of sp³-hybridized carbons (Fsp3) is 0.238. The third-order valence-electron chi connectivity index (χ3n) is 5.05. The quantitative estimate of drug-likeness (QED) is 0.669. The summed E-state index contributed by atoms with van der Waals surface area (Å²) in [7, 11) is 0. The molecule has 0 unspecified atom stereocenters. The van der Waals surface area contributed by atoms with Crippen LogP contribution in [0.2, 0.25) is 5.02 Å². The van der Waals surface area contributed by atoms with Crippen molar-refractivity contribution >= 4 is 17.5 Å².